The molecule has 10 heteroatoms. The second-order valence-corrected chi connectivity index (χ2v) is 26.9. The zero-order valence-electron chi connectivity index (χ0n) is 55.7. The molecule has 0 aromatic heterocycles. The summed E-state index contributed by atoms with van der Waals surface area (Å²) in [5.41, 5.74) is 0. The number of rotatable bonds is 65. The number of ether oxygens (including phenoxy) is 1. The maximum atomic E-state index is 13.6. The van der Waals surface area contributed by atoms with Gasteiger partial charge in [-0.05, 0) is 96.0 Å². The van der Waals surface area contributed by atoms with E-state index in [1.807, 2.05) is 33.3 Å². The fourth-order valence-corrected chi connectivity index (χ4v) is 11.2. The van der Waals surface area contributed by atoms with E-state index in [0.29, 0.717) is 23.9 Å². The van der Waals surface area contributed by atoms with Gasteiger partial charge in [-0.15, -0.1) is 0 Å². The Morgan fingerprint density at radius 3 is 1.13 bits per heavy atom. The molecular weight excluding hydrogens is 1050 g/mol. The summed E-state index contributed by atoms with van der Waals surface area (Å²) >= 11 is 0. The second kappa shape index (κ2) is 62.8. The number of allylic oxidation sites excluding steroid dienone is 9. The third-order valence-electron chi connectivity index (χ3n) is 15.9. The Morgan fingerprint density at radius 1 is 0.422 bits per heavy atom. The van der Waals surface area contributed by atoms with Crippen LogP contribution in [0.15, 0.2) is 60.8 Å². The van der Waals surface area contributed by atoms with Crippen LogP contribution < -0.4 is 5.32 Å². The Labute approximate surface area is 515 Å². The lowest BCUT2D eigenvalue weighted by molar-refractivity contribution is -0.870. The SMILES string of the molecule is CCCCC/C=C\C/C=C\C/C=C\CCCCCCCCCCC(=O)NC(COP(=O)(O)OCC[N+](C)(C)C)C(/C=C/CCCCCCCCCCC)OC(=O)CCCCCCCCCCCCCCCCC/C=C/CCCCCCCC. The number of hydrogen-bond donors (Lipinski definition) is 2. The summed E-state index contributed by atoms with van der Waals surface area (Å²) < 4.78 is 30.8. The van der Waals surface area contributed by atoms with Crippen molar-refractivity contribution in [2.75, 3.05) is 40.9 Å². The highest BCUT2D eigenvalue weighted by Gasteiger charge is 2.30. The van der Waals surface area contributed by atoms with E-state index in [1.165, 1.54) is 225 Å². The number of likely N-dealkylation sites (N-methyl/N-ethyl adjacent to an activating group) is 1. The number of hydrogen-bond acceptors (Lipinski definition) is 6. The Bertz CT molecular complexity index is 1600. The van der Waals surface area contributed by atoms with Crippen molar-refractivity contribution in [1.29, 1.82) is 0 Å². The average molecular weight is 1190 g/mol. The predicted molar refractivity (Wildman–Crippen MR) is 360 cm³/mol. The van der Waals surface area contributed by atoms with Crippen LogP contribution >= 0.6 is 7.82 Å². The molecule has 0 saturated heterocycles. The Balaban J connectivity index is 5.02. The summed E-state index contributed by atoms with van der Waals surface area (Å²) in [6, 6.07) is -0.853. The molecule has 0 aliphatic rings. The quantitative estimate of drug-likeness (QED) is 0.0205. The van der Waals surface area contributed by atoms with Crippen molar-refractivity contribution >= 4 is 19.7 Å². The van der Waals surface area contributed by atoms with Gasteiger partial charge in [-0.1, -0.05) is 294 Å². The van der Waals surface area contributed by atoms with Gasteiger partial charge in [0.2, 0.25) is 5.91 Å². The zero-order chi connectivity index (χ0) is 60.7. The van der Waals surface area contributed by atoms with Gasteiger partial charge in [0.05, 0.1) is 33.8 Å². The van der Waals surface area contributed by atoms with Gasteiger partial charge < -0.3 is 19.4 Å². The maximum absolute atomic E-state index is 13.6. The summed E-state index contributed by atoms with van der Waals surface area (Å²) in [5, 5.41) is 3.07. The van der Waals surface area contributed by atoms with Crippen molar-refractivity contribution in [2.24, 2.45) is 0 Å². The molecule has 0 aliphatic carbocycles. The molecule has 83 heavy (non-hydrogen) atoms. The first-order valence-electron chi connectivity index (χ1n) is 35.6. The van der Waals surface area contributed by atoms with E-state index in [9.17, 15) is 19.0 Å². The van der Waals surface area contributed by atoms with Crippen LogP contribution in [0, 0.1) is 0 Å². The minimum atomic E-state index is -4.45. The number of esters is 1. The van der Waals surface area contributed by atoms with Crippen LogP contribution in [0.1, 0.15) is 342 Å². The average Bonchev–Trinajstić information content (AvgIpc) is 3.51. The molecule has 0 heterocycles. The predicted octanol–water partition coefficient (Wildman–Crippen LogP) is 22.6. The lowest BCUT2D eigenvalue weighted by atomic mass is 10.0. The minimum absolute atomic E-state index is 0.0386. The molecule has 3 atom stereocenters. The Morgan fingerprint density at radius 2 is 0.735 bits per heavy atom. The number of carbonyl (C=O) groups is 2. The van der Waals surface area contributed by atoms with Gasteiger partial charge in [0.1, 0.15) is 19.3 Å². The van der Waals surface area contributed by atoms with Crippen LogP contribution in [-0.2, 0) is 27.9 Å². The maximum Gasteiger partial charge on any atom is 0.472 e. The van der Waals surface area contributed by atoms with Crippen LogP contribution in [0.3, 0.4) is 0 Å². The summed E-state index contributed by atoms with van der Waals surface area (Å²) in [5.74, 6) is -0.502. The fraction of sp³-hybridized carbons (Fsp3) is 0.836. The molecule has 0 saturated carbocycles. The van der Waals surface area contributed by atoms with Gasteiger partial charge in [-0.2, -0.15) is 0 Å². The second-order valence-electron chi connectivity index (χ2n) is 25.4. The van der Waals surface area contributed by atoms with Crippen LogP contribution in [0.5, 0.6) is 0 Å². The van der Waals surface area contributed by atoms with Crippen LogP contribution in [0.2, 0.25) is 0 Å². The number of nitrogens with zero attached hydrogens (tertiary/aromatic N) is 1. The highest BCUT2D eigenvalue weighted by atomic mass is 31.2. The molecule has 0 radical (unpaired) electrons. The van der Waals surface area contributed by atoms with E-state index in [4.69, 9.17) is 13.8 Å². The molecule has 0 rings (SSSR count). The van der Waals surface area contributed by atoms with Gasteiger partial charge in [0.15, 0.2) is 0 Å². The molecule has 0 aliphatic heterocycles. The number of amides is 1. The van der Waals surface area contributed by atoms with E-state index in [-0.39, 0.29) is 25.1 Å². The van der Waals surface area contributed by atoms with Crippen molar-refractivity contribution in [3.63, 3.8) is 0 Å². The van der Waals surface area contributed by atoms with Gasteiger partial charge in [0, 0.05) is 12.8 Å². The first-order valence-corrected chi connectivity index (χ1v) is 37.1. The highest BCUT2D eigenvalue weighted by Crippen LogP contribution is 2.43. The first kappa shape index (κ1) is 80.7. The molecule has 9 nitrogen and oxygen atoms in total. The molecule has 0 aromatic rings. The third-order valence-corrected chi connectivity index (χ3v) is 16.9. The fourth-order valence-electron chi connectivity index (χ4n) is 10.4. The van der Waals surface area contributed by atoms with Gasteiger partial charge in [0.25, 0.3) is 0 Å². The third kappa shape index (κ3) is 64.0. The molecule has 0 aromatic carbocycles. The molecule has 0 bridgehead atoms. The summed E-state index contributed by atoms with van der Waals surface area (Å²) in [6.07, 6.45) is 80.9. The monoisotopic (exact) mass is 1190 g/mol. The number of phosphoric acid groups is 1. The molecule has 0 spiro atoms. The zero-order valence-corrected chi connectivity index (χ0v) is 56.6. The van der Waals surface area contributed by atoms with Gasteiger partial charge in [-0.3, -0.25) is 18.6 Å². The van der Waals surface area contributed by atoms with Crippen LogP contribution in [0.4, 0.5) is 0 Å². The summed E-state index contributed by atoms with van der Waals surface area (Å²) in [4.78, 5) is 37.9. The van der Waals surface area contributed by atoms with Crippen LogP contribution in [0.25, 0.3) is 0 Å². The van der Waals surface area contributed by atoms with Crippen molar-refractivity contribution in [2.45, 2.75) is 354 Å². The Kier molecular flexibility index (Phi) is 61.0. The van der Waals surface area contributed by atoms with E-state index >= 15 is 0 Å². The van der Waals surface area contributed by atoms with Crippen molar-refractivity contribution < 1.29 is 37.3 Å². The largest absolute Gasteiger partial charge is 0.472 e. The van der Waals surface area contributed by atoms with Crippen molar-refractivity contribution in [3.05, 3.63) is 60.8 Å². The lowest BCUT2D eigenvalue weighted by Crippen LogP contribution is -2.47. The molecule has 2 N–H and O–H groups in total. The highest BCUT2D eigenvalue weighted by molar-refractivity contribution is 7.47. The van der Waals surface area contributed by atoms with Crippen LogP contribution in [-0.4, -0.2) is 74.3 Å². The van der Waals surface area contributed by atoms with Crippen molar-refractivity contribution in [3.8, 4) is 0 Å². The standard InChI is InChI=1S/C73H137N2O7P/c1-7-10-13-16-19-22-25-27-29-31-33-35-36-37-38-40-42-44-46-48-51-54-57-60-63-66-73(77)82-71(64-61-58-55-52-49-24-21-18-15-12-9-3)70(69-81-83(78,79)80-68-67-75(4,5)6)74-72(76)65-62-59-56-53-50-47-45-43-41-39-34-32-30-28-26-23-20-17-14-11-8-2/h20,23,27-30,34,39,61,64,70-71H,7-19,21-22,24-26,31-33,35-38,40-60,62-63,65-69H2,1-6H3,(H-,74,76,78,79)/p+1/b23-20-,29-27+,30-28-,39-34-,64-61+. The lowest BCUT2D eigenvalue weighted by Gasteiger charge is -2.27. The molecule has 486 valence electrons. The van der Waals surface area contributed by atoms with E-state index in [0.717, 1.165) is 83.5 Å². The smallest absolute Gasteiger partial charge is 0.456 e. The number of unbranched alkanes of at least 4 members (excludes halogenated alkanes) is 41. The number of quaternary nitrogens is 1. The molecule has 0 fully saturated rings. The molecular formula is C73H138N2O7P+. The van der Waals surface area contributed by atoms with Gasteiger partial charge in [-0.25, -0.2) is 4.57 Å². The summed E-state index contributed by atoms with van der Waals surface area (Å²) in [6.45, 7) is 7.01. The number of nitrogens with one attached hydrogen (secondary N) is 1. The van der Waals surface area contributed by atoms with E-state index in [1.54, 1.807) is 0 Å². The first-order chi connectivity index (χ1) is 40.4. The normalized spacial score (nSPS) is 13.9. The molecule has 3 unspecified atom stereocenters. The number of phosphoric ester groups is 1. The van der Waals surface area contributed by atoms with E-state index in [2.05, 4.69) is 74.7 Å². The summed E-state index contributed by atoms with van der Waals surface area (Å²) in [7, 11) is 1.50. The molecule has 1 amide bonds. The van der Waals surface area contributed by atoms with Crippen molar-refractivity contribution in [1.82, 2.24) is 5.32 Å². The number of carbonyl (C=O) groups excluding carboxylic acids is 2. The van der Waals surface area contributed by atoms with E-state index < -0.39 is 20.0 Å². The topological polar surface area (TPSA) is 111 Å². The van der Waals surface area contributed by atoms with Gasteiger partial charge >= 0.3 is 13.8 Å². The Hall–Kier alpha value is -2.29. The minimum Gasteiger partial charge on any atom is -0.456 e.